The predicted molar refractivity (Wildman–Crippen MR) is 95.3 cm³/mol. The zero-order valence-corrected chi connectivity index (χ0v) is 15.1. The zero-order valence-electron chi connectivity index (χ0n) is 15.1. The largest absolute Gasteiger partial charge is 0.452 e. The Bertz CT molecular complexity index is 884. The first kappa shape index (κ1) is 18.6. The lowest BCUT2D eigenvalue weighted by Crippen LogP contribution is -2.30. The van der Waals surface area contributed by atoms with Crippen LogP contribution in [-0.2, 0) is 16.1 Å². The Morgan fingerprint density at radius 3 is 2.52 bits per heavy atom. The second-order valence-electron chi connectivity index (χ2n) is 6.55. The number of carbonyl (C=O) groups is 2. The van der Waals surface area contributed by atoms with Crippen molar-refractivity contribution in [1.82, 2.24) is 15.1 Å². The van der Waals surface area contributed by atoms with Gasteiger partial charge in [-0.2, -0.15) is 5.10 Å². The van der Waals surface area contributed by atoms with Gasteiger partial charge < -0.3 is 10.1 Å². The Labute approximate surface area is 155 Å². The van der Waals surface area contributed by atoms with Crippen LogP contribution in [0.15, 0.2) is 24.3 Å². The fourth-order valence-electron chi connectivity index (χ4n) is 2.74. The molecule has 1 N–H and O–H groups in total. The molecule has 1 heterocycles. The van der Waals surface area contributed by atoms with Crippen LogP contribution in [0, 0.1) is 24.0 Å². The SMILES string of the molecule is Cc1nn(Cc2ccc(C(=O)OCC(=O)NC3CC3)cc2)c(C)c1[N+](=O)[O-]. The highest BCUT2D eigenvalue weighted by molar-refractivity contribution is 5.91. The third-order valence-electron chi connectivity index (χ3n) is 4.32. The molecule has 3 rings (SSSR count). The number of nitro groups is 1. The molecule has 1 saturated carbocycles. The number of amides is 1. The number of carbonyl (C=O) groups excluding carboxylic acids is 2. The summed E-state index contributed by atoms with van der Waals surface area (Å²) in [7, 11) is 0. The maximum atomic E-state index is 12.0. The zero-order chi connectivity index (χ0) is 19.6. The first-order valence-electron chi connectivity index (χ1n) is 8.59. The highest BCUT2D eigenvalue weighted by Crippen LogP contribution is 2.22. The Morgan fingerprint density at radius 1 is 1.30 bits per heavy atom. The van der Waals surface area contributed by atoms with Crippen molar-refractivity contribution in [3.05, 3.63) is 56.9 Å². The van der Waals surface area contributed by atoms with Crippen LogP contribution in [0.25, 0.3) is 0 Å². The normalized spacial score (nSPS) is 13.3. The van der Waals surface area contributed by atoms with E-state index in [9.17, 15) is 19.7 Å². The third-order valence-corrected chi connectivity index (χ3v) is 4.32. The van der Waals surface area contributed by atoms with Crippen LogP contribution in [0.4, 0.5) is 5.69 Å². The lowest BCUT2D eigenvalue weighted by Gasteiger charge is -2.07. The van der Waals surface area contributed by atoms with E-state index in [1.807, 2.05) is 0 Å². The molecule has 0 spiro atoms. The van der Waals surface area contributed by atoms with Gasteiger partial charge in [0.1, 0.15) is 11.4 Å². The number of hydrogen-bond acceptors (Lipinski definition) is 6. The molecule has 1 amide bonds. The quantitative estimate of drug-likeness (QED) is 0.451. The van der Waals surface area contributed by atoms with Gasteiger partial charge in [0.25, 0.3) is 5.91 Å². The van der Waals surface area contributed by atoms with Gasteiger partial charge in [0.15, 0.2) is 6.61 Å². The molecule has 1 aromatic heterocycles. The molecule has 9 nitrogen and oxygen atoms in total. The van der Waals surface area contributed by atoms with E-state index in [1.165, 1.54) is 0 Å². The Morgan fingerprint density at radius 2 is 1.96 bits per heavy atom. The molecule has 9 heteroatoms. The molecule has 0 aliphatic heterocycles. The van der Waals surface area contributed by atoms with E-state index in [1.54, 1.807) is 42.8 Å². The second kappa shape index (κ2) is 7.56. The number of ether oxygens (including phenoxy) is 1. The Kier molecular flexibility index (Phi) is 5.20. The smallest absolute Gasteiger partial charge is 0.338 e. The summed E-state index contributed by atoms with van der Waals surface area (Å²) in [6.45, 7) is 3.29. The van der Waals surface area contributed by atoms with Crippen molar-refractivity contribution in [2.24, 2.45) is 0 Å². The van der Waals surface area contributed by atoms with Crippen LogP contribution < -0.4 is 5.32 Å². The molecule has 0 atom stereocenters. The Hall–Kier alpha value is -3.23. The molecule has 1 aliphatic rings. The summed E-state index contributed by atoms with van der Waals surface area (Å²) >= 11 is 0. The maximum absolute atomic E-state index is 12.0. The number of nitrogens with one attached hydrogen (secondary N) is 1. The van der Waals surface area contributed by atoms with Gasteiger partial charge in [-0.05, 0) is 44.4 Å². The average molecular weight is 372 g/mol. The second-order valence-corrected chi connectivity index (χ2v) is 6.55. The fraction of sp³-hybridized carbons (Fsp3) is 0.389. The van der Waals surface area contributed by atoms with Crippen molar-refractivity contribution >= 4 is 17.6 Å². The van der Waals surface area contributed by atoms with E-state index < -0.39 is 10.9 Å². The van der Waals surface area contributed by atoms with E-state index in [2.05, 4.69) is 10.4 Å². The van der Waals surface area contributed by atoms with Crippen molar-refractivity contribution in [1.29, 1.82) is 0 Å². The topological polar surface area (TPSA) is 116 Å². The minimum atomic E-state index is -0.575. The number of rotatable bonds is 7. The monoisotopic (exact) mass is 372 g/mol. The van der Waals surface area contributed by atoms with Crippen molar-refractivity contribution in [3.63, 3.8) is 0 Å². The number of benzene rings is 1. The van der Waals surface area contributed by atoms with Gasteiger partial charge in [-0.3, -0.25) is 19.6 Å². The molecule has 2 aromatic rings. The van der Waals surface area contributed by atoms with Crippen molar-refractivity contribution in [3.8, 4) is 0 Å². The lowest BCUT2D eigenvalue weighted by atomic mass is 10.1. The molecule has 0 unspecified atom stereocenters. The van der Waals surface area contributed by atoms with Crippen LogP contribution in [0.3, 0.4) is 0 Å². The predicted octanol–water partition coefficient (Wildman–Crippen LogP) is 1.89. The summed E-state index contributed by atoms with van der Waals surface area (Å²) in [5.41, 5.74) is 2.01. The average Bonchev–Trinajstić information content (AvgIpc) is 3.38. The minimum absolute atomic E-state index is 0.0136. The van der Waals surface area contributed by atoms with E-state index in [0.717, 1.165) is 18.4 Å². The summed E-state index contributed by atoms with van der Waals surface area (Å²) in [6.07, 6.45) is 1.94. The van der Waals surface area contributed by atoms with Crippen molar-refractivity contribution in [2.45, 2.75) is 39.3 Å². The molecule has 1 aromatic carbocycles. The third kappa shape index (κ3) is 4.49. The van der Waals surface area contributed by atoms with Gasteiger partial charge in [-0.25, -0.2) is 4.79 Å². The number of aromatic nitrogens is 2. The fourth-order valence-corrected chi connectivity index (χ4v) is 2.74. The van der Waals surface area contributed by atoms with Gasteiger partial charge in [0, 0.05) is 6.04 Å². The molecule has 1 aliphatic carbocycles. The molecular formula is C18H20N4O5. The van der Waals surface area contributed by atoms with Crippen molar-refractivity contribution in [2.75, 3.05) is 6.61 Å². The highest BCUT2D eigenvalue weighted by Gasteiger charge is 2.24. The standard InChI is InChI=1S/C18H20N4O5/c1-11-17(22(25)26)12(2)21(20-11)9-13-3-5-14(6-4-13)18(24)27-10-16(23)19-15-7-8-15/h3-6,15H,7-10H2,1-2H3,(H,19,23). The maximum Gasteiger partial charge on any atom is 0.338 e. The number of aryl methyl sites for hydroxylation is 1. The molecule has 1 fully saturated rings. The molecule has 0 bridgehead atoms. The molecule has 27 heavy (non-hydrogen) atoms. The first-order valence-corrected chi connectivity index (χ1v) is 8.59. The van der Waals surface area contributed by atoms with Gasteiger partial charge in [-0.15, -0.1) is 0 Å². The number of nitrogens with zero attached hydrogens (tertiary/aromatic N) is 3. The Balaban J connectivity index is 1.60. The van der Waals surface area contributed by atoms with Crippen LogP contribution in [-0.4, -0.2) is 39.2 Å². The van der Waals surface area contributed by atoms with Gasteiger partial charge in [-0.1, -0.05) is 12.1 Å². The number of hydrogen-bond donors (Lipinski definition) is 1. The summed E-state index contributed by atoms with van der Waals surface area (Å²) in [6, 6.07) is 6.86. The van der Waals surface area contributed by atoms with E-state index in [-0.39, 0.29) is 24.2 Å². The van der Waals surface area contributed by atoms with Crippen LogP contribution >= 0.6 is 0 Å². The van der Waals surface area contributed by atoms with Crippen LogP contribution in [0.5, 0.6) is 0 Å². The molecule has 0 radical (unpaired) electrons. The van der Waals surface area contributed by atoms with E-state index in [4.69, 9.17) is 4.74 Å². The van der Waals surface area contributed by atoms with Crippen LogP contribution in [0.2, 0.25) is 0 Å². The van der Waals surface area contributed by atoms with E-state index >= 15 is 0 Å². The van der Waals surface area contributed by atoms with Crippen molar-refractivity contribution < 1.29 is 19.2 Å². The highest BCUT2D eigenvalue weighted by atomic mass is 16.6. The van der Waals surface area contributed by atoms with E-state index in [0.29, 0.717) is 23.5 Å². The van der Waals surface area contributed by atoms with Gasteiger partial charge in [0.2, 0.25) is 0 Å². The molecular weight excluding hydrogens is 352 g/mol. The lowest BCUT2D eigenvalue weighted by molar-refractivity contribution is -0.386. The first-order chi connectivity index (χ1) is 12.8. The minimum Gasteiger partial charge on any atom is -0.452 e. The number of esters is 1. The molecule has 0 saturated heterocycles. The summed E-state index contributed by atoms with van der Waals surface area (Å²) in [5.74, 6) is -0.872. The summed E-state index contributed by atoms with van der Waals surface area (Å²) < 4.78 is 6.56. The summed E-state index contributed by atoms with van der Waals surface area (Å²) in [4.78, 5) is 34.2. The summed E-state index contributed by atoms with van der Waals surface area (Å²) in [5, 5.41) is 18.0. The van der Waals surface area contributed by atoms with Gasteiger partial charge >= 0.3 is 11.7 Å². The van der Waals surface area contributed by atoms with Crippen LogP contribution in [0.1, 0.15) is 40.2 Å². The molecule has 142 valence electrons. The van der Waals surface area contributed by atoms with Gasteiger partial charge in [0.05, 0.1) is 17.0 Å².